The Labute approximate surface area is 168 Å². The summed E-state index contributed by atoms with van der Waals surface area (Å²) in [5.41, 5.74) is -0.668. The van der Waals surface area contributed by atoms with Gasteiger partial charge in [-0.15, -0.1) is 0 Å². The molecule has 158 valence electrons. The van der Waals surface area contributed by atoms with Crippen LogP contribution in [-0.2, 0) is 24.1 Å². The second-order valence-electron chi connectivity index (χ2n) is 6.80. The number of nitrogens with zero attached hydrogens (tertiary/aromatic N) is 5. The lowest BCUT2D eigenvalue weighted by Gasteiger charge is -2.08. The zero-order valence-electron chi connectivity index (χ0n) is 15.4. The van der Waals surface area contributed by atoms with Gasteiger partial charge in [-0.1, -0.05) is 11.6 Å². The fraction of sp³-hybridized carbons (Fsp3) is 0.562. The number of nitro groups is 1. The van der Waals surface area contributed by atoms with Crippen molar-refractivity contribution in [3.63, 3.8) is 0 Å². The number of rotatable bonds is 8. The highest BCUT2D eigenvalue weighted by Gasteiger charge is 2.41. The molecular weight excluding hydrogens is 417 g/mol. The van der Waals surface area contributed by atoms with Gasteiger partial charge in [-0.05, 0) is 26.2 Å². The zero-order chi connectivity index (χ0) is 21.3. The lowest BCUT2D eigenvalue weighted by atomic mass is 10.2. The van der Waals surface area contributed by atoms with Crippen LogP contribution in [0.4, 0.5) is 18.9 Å². The molecule has 29 heavy (non-hydrogen) atoms. The van der Waals surface area contributed by atoms with E-state index in [1.54, 1.807) is 0 Å². The monoisotopic (exact) mass is 434 g/mol. The lowest BCUT2D eigenvalue weighted by Crippen LogP contribution is -2.29. The first-order chi connectivity index (χ1) is 13.6. The van der Waals surface area contributed by atoms with Crippen molar-refractivity contribution < 1.29 is 22.9 Å². The van der Waals surface area contributed by atoms with E-state index in [-0.39, 0.29) is 42.0 Å². The third-order valence-corrected chi connectivity index (χ3v) is 4.83. The van der Waals surface area contributed by atoms with E-state index in [0.717, 1.165) is 17.5 Å². The molecule has 3 rings (SSSR count). The molecule has 0 saturated heterocycles. The fourth-order valence-electron chi connectivity index (χ4n) is 2.98. The molecule has 0 spiro atoms. The molecule has 0 atom stereocenters. The van der Waals surface area contributed by atoms with Crippen LogP contribution < -0.4 is 5.32 Å². The minimum Gasteiger partial charge on any atom is -0.354 e. The molecule has 2 heterocycles. The third kappa shape index (κ3) is 4.86. The van der Waals surface area contributed by atoms with Crippen LogP contribution in [0, 0.1) is 17.0 Å². The average molecular weight is 435 g/mol. The van der Waals surface area contributed by atoms with E-state index < -0.39 is 22.7 Å². The number of carbonyl (C=O) groups excluding carboxylic acids is 1. The normalized spacial score (nSPS) is 14.2. The van der Waals surface area contributed by atoms with Crippen LogP contribution in [0.15, 0.2) is 6.20 Å². The number of aromatic nitrogens is 4. The molecule has 1 amide bonds. The number of hydrogen-bond donors (Lipinski definition) is 1. The molecule has 1 saturated carbocycles. The molecule has 13 heteroatoms. The van der Waals surface area contributed by atoms with Gasteiger partial charge in [-0.3, -0.25) is 24.3 Å². The topological polar surface area (TPSA) is 108 Å². The zero-order valence-corrected chi connectivity index (χ0v) is 16.1. The molecule has 0 aliphatic heterocycles. The SMILES string of the molecule is Cc1nn(CC(=O)NCCCn2nc(C(F)(F)F)c(Cl)c2C2CC2)cc1[N+](=O)[O-]. The number of aryl methyl sites for hydroxylation is 2. The van der Waals surface area contributed by atoms with Gasteiger partial charge in [0.1, 0.15) is 18.4 Å². The van der Waals surface area contributed by atoms with E-state index in [4.69, 9.17) is 11.6 Å². The summed E-state index contributed by atoms with van der Waals surface area (Å²) in [7, 11) is 0. The quantitative estimate of drug-likeness (QED) is 0.390. The first-order valence-corrected chi connectivity index (χ1v) is 9.24. The van der Waals surface area contributed by atoms with Crippen LogP contribution in [0.3, 0.4) is 0 Å². The molecular formula is C16H18ClF3N6O3. The van der Waals surface area contributed by atoms with E-state index in [1.807, 2.05) is 0 Å². The molecule has 0 bridgehead atoms. The maximum absolute atomic E-state index is 13.0. The predicted molar refractivity (Wildman–Crippen MR) is 95.5 cm³/mol. The van der Waals surface area contributed by atoms with Gasteiger partial charge in [-0.2, -0.15) is 23.4 Å². The van der Waals surface area contributed by atoms with Gasteiger partial charge < -0.3 is 5.32 Å². The molecule has 2 aromatic rings. The molecule has 1 aliphatic carbocycles. The van der Waals surface area contributed by atoms with Gasteiger partial charge in [-0.25, -0.2) is 0 Å². The highest BCUT2D eigenvalue weighted by molar-refractivity contribution is 6.32. The lowest BCUT2D eigenvalue weighted by molar-refractivity contribution is -0.385. The molecule has 0 unspecified atom stereocenters. The molecule has 1 N–H and O–H groups in total. The van der Waals surface area contributed by atoms with Crippen LogP contribution in [0.25, 0.3) is 0 Å². The average Bonchev–Trinajstić information content (AvgIpc) is 3.28. The Morgan fingerprint density at radius 3 is 2.66 bits per heavy atom. The van der Waals surface area contributed by atoms with E-state index in [0.29, 0.717) is 12.1 Å². The second kappa shape index (κ2) is 8.01. The largest absolute Gasteiger partial charge is 0.436 e. The summed E-state index contributed by atoms with van der Waals surface area (Å²) in [5, 5.41) is 20.6. The van der Waals surface area contributed by atoms with Crippen LogP contribution in [0.2, 0.25) is 5.02 Å². The first-order valence-electron chi connectivity index (χ1n) is 8.86. The van der Waals surface area contributed by atoms with Crippen molar-refractivity contribution in [3.05, 3.63) is 38.4 Å². The maximum atomic E-state index is 13.0. The second-order valence-corrected chi connectivity index (χ2v) is 7.18. The number of hydrogen-bond acceptors (Lipinski definition) is 5. The maximum Gasteiger partial charge on any atom is 0.436 e. The van der Waals surface area contributed by atoms with Crippen LogP contribution in [0.5, 0.6) is 0 Å². The van der Waals surface area contributed by atoms with Crippen molar-refractivity contribution in [2.75, 3.05) is 6.54 Å². The van der Waals surface area contributed by atoms with Crippen LogP contribution >= 0.6 is 11.6 Å². The van der Waals surface area contributed by atoms with Gasteiger partial charge >= 0.3 is 11.9 Å². The number of halogens is 4. The summed E-state index contributed by atoms with van der Waals surface area (Å²) in [6.07, 6.45) is -1.56. The Balaban J connectivity index is 1.53. The third-order valence-electron chi connectivity index (χ3n) is 4.46. The van der Waals surface area contributed by atoms with E-state index in [1.165, 1.54) is 17.8 Å². The van der Waals surface area contributed by atoms with Gasteiger partial charge in [0, 0.05) is 19.0 Å². The summed E-state index contributed by atoms with van der Waals surface area (Å²) in [4.78, 5) is 22.2. The molecule has 1 fully saturated rings. The Morgan fingerprint density at radius 1 is 1.41 bits per heavy atom. The van der Waals surface area contributed by atoms with Gasteiger partial charge in [0.25, 0.3) is 0 Å². The minimum absolute atomic E-state index is 0.0143. The fourth-order valence-corrected chi connectivity index (χ4v) is 3.38. The van der Waals surface area contributed by atoms with Gasteiger partial charge in [0.15, 0.2) is 5.69 Å². The molecule has 2 aromatic heterocycles. The minimum atomic E-state index is -4.62. The van der Waals surface area contributed by atoms with E-state index in [2.05, 4.69) is 15.5 Å². The van der Waals surface area contributed by atoms with Crippen molar-refractivity contribution in [1.29, 1.82) is 0 Å². The number of alkyl halides is 3. The van der Waals surface area contributed by atoms with E-state index >= 15 is 0 Å². The summed E-state index contributed by atoms with van der Waals surface area (Å²) in [6.45, 7) is 1.64. The van der Waals surface area contributed by atoms with Crippen LogP contribution in [-0.4, -0.2) is 36.9 Å². The number of nitrogens with one attached hydrogen (secondary N) is 1. The highest BCUT2D eigenvalue weighted by atomic mass is 35.5. The molecule has 0 radical (unpaired) electrons. The number of amides is 1. The molecule has 0 aromatic carbocycles. The predicted octanol–water partition coefficient (Wildman–Crippen LogP) is 3.05. The Kier molecular flexibility index (Phi) is 5.82. The molecule has 1 aliphatic rings. The Morgan fingerprint density at radius 2 is 2.10 bits per heavy atom. The van der Waals surface area contributed by atoms with Crippen molar-refractivity contribution in [1.82, 2.24) is 24.9 Å². The van der Waals surface area contributed by atoms with Crippen molar-refractivity contribution in [2.45, 2.75) is 51.4 Å². The Bertz CT molecular complexity index is 935. The smallest absolute Gasteiger partial charge is 0.354 e. The first kappa shape index (κ1) is 21.1. The van der Waals surface area contributed by atoms with Crippen LogP contribution in [0.1, 0.15) is 42.3 Å². The summed E-state index contributed by atoms with van der Waals surface area (Å²) >= 11 is 5.91. The van der Waals surface area contributed by atoms with Crippen molar-refractivity contribution >= 4 is 23.2 Å². The summed E-state index contributed by atoms with van der Waals surface area (Å²) in [5.74, 6) is -0.432. The Hall–Kier alpha value is -2.63. The van der Waals surface area contributed by atoms with E-state index in [9.17, 15) is 28.1 Å². The van der Waals surface area contributed by atoms with Crippen molar-refractivity contribution in [2.24, 2.45) is 0 Å². The number of carbonyl (C=O) groups is 1. The standard InChI is InChI=1S/C16H18ClF3N6O3/c1-9-11(26(28)29)7-24(22-9)8-12(27)21-5-2-6-25-14(10-3-4-10)13(17)15(23-25)16(18,19)20/h7,10H,2-6,8H2,1H3,(H,21,27). The van der Waals surface area contributed by atoms with Gasteiger partial charge in [0.2, 0.25) is 5.91 Å². The summed E-state index contributed by atoms with van der Waals surface area (Å²) < 4.78 is 41.6. The van der Waals surface area contributed by atoms with Crippen molar-refractivity contribution in [3.8, 4) is 0 Å². The molecule has 9 nitrogen and oxygen atoms in total. The highest BCUT2D eigenvalue weighted by Crippen LogP contribution is 2.46. The van der Waals surface area contributed by atoms with Gasteiger partial charge in [0.05, 0.1) is 15.6 Å². The summed E-state index contributed by atoms with van der Waals surface area (Å²) in [6, 6.07) is 0.